The van der Waals surface area contributed by atoms with Crippen molar-refractivity contribution in [1.82, 2.24) is 0 Å². The van der Waals surface area contributed by atoms with Crippen molar-refractivity contribution >= 4 is 0 Å². The van der Waals surface area contributed by atoms with Crippen molar-refractivity contribution in [3.05, 3.63) is 29.8 Å². The Morgan fingerprint density at radius 3 is 3.00 bits per heavy atom. The van der Waals surface area contributed by atoms with Crippen molar-refractivity contribution in [3.8, 4) is 11.8 Å². The molecule has 14 heavy (non-hydrogen) atoms. The van der Waals surface area contributed by atoms with E-state index in [1.807, 2.05) is 25.1 Å². The molecule has 0 aliphatic rings. The molecule has 0 aliphatic heterocycles. The number of unbranched alkanes of at least 4 members (excludes halogenated alkanes) is 1. The van der Waals surface area contributed by atoms with Gasteiger partial charge in [0.25, 0.3) is 0 Å². The molecule has 0 fully saturated rings. The van der Waals surface area contributed by atoms with Gasteiger partial charge in [-0.05, 0) is 37.5 Å². The maximum absolute atomic E-state index is 8.41. The van der Waals surface area contributed by atoms with Gasteiger partial charge in [-0.2, -0.15) is 5.26 Å². The topological polar surface area (TPSA) is 33.0 Å². The Bertz CT molecular complexity index is 314. The fourth-order valence-electron chi connectivity index (χ4n) is 1.33. The van der Waals surface area contributed by atoms with E-state index in [9.17, 15) is 0 Å². The fourth-order valence-corrected chi connectivity index (χ4v) is 1.33. The van der Waals surface area contributed by atoms with E-state index >= 15 is 0 Å². The number of hydrogen-bond donors (Lipinski definition) is 0. The Morgan fingerprint density at radius 1 is 1.43 bits per heavy atom. The molecule has 0 aromatic heterocycles. The summed E-state index contributed by atoms with van der Waals surface area (Å²) in [5.74, 6) is 0.918. The second-order valence-electron chi connectivity index (χ2n) is 3.09. The first-order valence-electron chi connectivity index (χ1n) is 4.95. The number of nitrogens with zero attached hydrogens (tertiary/aromatic N) is 1. The zero-order valence-electron chi connectivity index (χ0n) is 8.49. The average molecular weight is 189 g/mol. The van der Waals surface area contributed by atoms with E-state index in [4.69, 9.17) is 10.00 Å². The molecule has 0 saturated carbocycles. The van der Waals surface area contributed by atoms with Crippen molar-refractivity contribution in [2.24, 2.45) is 0 Å². The highest BCUT2D eigenvalue weighted by Gasteiger charge is 1.96. The van der Waals surface area contributed by atoms with Gasteiger partial charge in [-0.15, -0.1) is 0 Å². The highest BCUT2D eigenvalue weighted by atomic mass is 16.5. The summed E-state index contributed by atoms with van der Waals surface area (Å²) in [7, 11) is 0. The first kappa shape index (κ1) is 10.6. The molecule has 0 radical (unpaired) electrons. The summed E-state index contributed by atoms with van der Waals surface area (Å²) in [6.07, 6.45) is 2.50. The van der Waals surface area contributed by atoms with Gasteiger partial charge in [0, 0.05) is 6.42 Å². The largest absolute Gasteiger partial charge is 0.494 e. The molecule has 1 aromatic carbocycles. The van der Waals surface area contributed by atoms with Crippen LogP contribution in [0.2, 0.25) is 0 Å². The van der Waals surface area contributed by atoms with Gasteiger partial charge in [-0.1, -0.05) is 12.1 Å². The first-order chi connectivity index (χ1) is 6.86. The lowest BCUT2D eigenvalue weighted by Crippen LogP contribution is -1.92. The molecule has 2 heteroatoms. The highest BCUT2D eigenvalue weighted by molar-refractivity contribution is 5.28. The molecule has 0 atom stereocenters. The lowest BCUT2D eigenvalue weighted by Gasteiger charge is -2.04. The van der Waals surface area contributed by atoms with Gasteiger partial charge in [0.1, 0.15) is 5.75 Å². The van der Waals surface area contributed by atoms with Gasteiger partial charge >= 0.3 is 0 Å². The molecule has 1 aromatic rings. The predicted molar refractivity (Wildman–Crippen MR) is 56.2 cm³/mol. The fraction of sp³-hybridized carbons (Fsp3) is 0.417. The van der Waals surface area contributed by atoms with Crippen molar-refractivity contribution < 1.29 is 4.74 Å². The molecule has 0 aliphatic carbocycles. The molecular weight excluding hydrogens is 174 g/mol. The molecule has 0 amide bonds. The van der Waals surface area contributed by atoms with Crippen molar-refractivity contribution in [1.29, 1.82) is 5.26 Å². The van der Waals surface area contributed by atoms with E-state index < -0.39 is 0 Å². The first-order valence-corrected chi connectivity index (χ1v) is 4.95. The van der Waals surface area contributed by atoms with E-state index in [1.165, 1.54) is 5.56 Å². The summed E-state index contributed by atoms with van der Waals surface area (Å²) in [4.78, 5) is 0. The summed E-state index contributed by atoms with van der Waals surface area (Å²) >= 11 is 0. The molecule has 0 N–H and O–H groups in total. The maximum atomic E-state index is 8.41. The molecule has 0 spiro atoms. The Morgan fingerprint density at radius 2 is 2.29 bits per heavy atom. The molecule has 0 unspecified atom stereocenters. The molecule has 0 saturated heterocycles. The Kier molecular flexibility index (Phi) is 4.57. The summed E-state index contributed by atoms with van der Waals surface area (Å²) in [5, 5.41) is 8.41. The van der Waals surface area contributed by atoms with Gasteiger partial charge < -0.3 is 4.74 Å². The van der Waals surface area contributed by atoms with Crippen LogP contribution in [-0.4, -0.2) is 6.61 Å². The zero-order valence-corrected chi connectivity index (χ0v) is 8.49. The van der Waals surface area contributed by atoms with Crippen molar-refractivity contribution in [2.75, 3.05) is 6.61 Å². The van der Waals surface area contributed by atoms with Crippen LogP contribution in [0.15, 0.2) is 24.3 Å². The number of hydrogen-bond acceptors (Lipinski definition) is 2. The van der Waals surface area contributed by atoms with E-state index in [1.54, 1.807) is 0 Å². The van der Waals surface area contributed by atoms with E-state index in [2.05, 4.69) is 12.1 Å². The second kappa shape index (κ2) is 6.04. The molecular formula is C12H15NO. The van der Waals surface area contributed by atoms with Crippen LogP contribution >= 0.6 is 0 Å². The standard InChI is InChI=1S/C12H15NO/c1-2-14-12-8-5-7-11(10-12)6-3-4-9-13/h5,7-8,10H,2-4,6H2,1H3. The Balaban J connectivity index is 2.51. The third-order valence-corrected chi connectivity index (χ3v) is 1.96. The number of rotatable bonds is 5. The molecule has 1 rings (SSSR count). The Hall–Kier alpha value is -1.49. The van der Waals surface area contributed by atoms with Crippen LogP contribution in [0.4, 0.5) is 0 Å². The predicted octanol–water partition coefficient (Wildman–Crippen LogP) is 2.93. The lowest BCUT2D eigenvalue weighted by atomic mass is 10.1. The summed E-state index contributed by atoms with van der Waals surface area (Å²) in [6, 6.07) is 10.2. The summed E-state index contributed by atoms with van der Waals surface area (Å²) in [6.45, 7) is 2.67. The van der Waals surface area contributed by atoms with Crippen LogP contribution in [-0.2, 0) is 6.42 Å². The highest BCUT2D eigenvalue weighted by Crippen LogP contribution is 2.14. The molecule has 74 valence electrons. The second-order valence-corrected chi connectivity index (χ2v) is 3.09. The lowest BCUT2D eigenvalue weighted by molar-refractivity contribution is 0.340. The SMILES string of the molecule is CCOc1cccc(CCCC#N)c1. The quantitative estimate of drug-likeness (QED) is 0.667. The van der Waals surface area contributed by atoms with Gasteiger partial charge in [0.2, 0.25) is 0 Å². The molecule has 0 heterocycles. The van der Waals surface area contributed by atoms with Crippen LogP contribution < -0.4 is 4.74 Å². The van der Waals surface area contributed by atoms with Crippen LogP contribution in [0.3, 0.4) is 0 Å². The number of benzene rings is 1. The minimum atomic E-state index is 0.624. The van der Waals surface area contributed by atoms with Crippen LogP contribution in [0.25, 0.3) is 0 Å². The van der Waals surface area contributed by atoms with Gasteiger partial charge in [0.05, 0.1) is 12.7 Å². The van der Waals surface area contributed by atoms with Crippen LogP contribution in [0.5, 0.6) is 5.75 Å². The number of nitriles is 1. The van der Waals surface area contributed by atoms with Crippen molar-refractivity contribution in [2.45, 2.75) is 26.2 Å². The smallest absolute Gasteiger partial charge is 0.119 e. The van der Waals surface area contributed by atoms with Crippen LogP contribution in [0.1, 0.15) is 25.3 Å². The maximum Gasteiger partial charge on any atom is 0.119 e. The van der Waals surface area contributed by atoms with E-state index in [0.29, 0.717) is 13.0 Å². The summed E-state index contributed by atoms with van der Waals surface area (Å²) in [5.41, 5.74) is 1.24. The van der Waals surface area contributed by atoms with Gasteiger partial charge in [-0.25, -0.2) is 0 Å². The van der Waals surface area contributed by atoms with E-state index in [-0.39, 0.29) is 0 Å². The molecule has 2 nitrogen and oxygen atoms in total. The monoisotopic (exact) mass is 189 g/mol. The minimum absolute atomic E-state index is 0.624. The number of aryl methyl sites for hydroxylation is 1. The normalized spacial score (nSPS) is 9.43. The van der Waals surface area contributed by atoms with Crippen molar-refractivity contribution in [3.63, 3.8) is 0 Å². The Labute approximate surface area is 85.1 Å². The number of ether oxygens (including phenoxy) is 1. The van der Waals surface area contributed by atoms with Crippen LogP contribution in [0, 0.1) is 11.3 Å². The third-order valence-electron chi connectivity index (χ3n) is 1.96. The van der Waals surface area contributed by atoms with Gasteiger partial charge in [-0.3, -0.25) is 0 Å². The third kappa shape index (κ3) is 3.49. The molecule has 0 bridgehead atoms. The van der Waals surface area contributed by atoms with E-state index in [0.717, 1.165) is 18.6 Å². The zero-order chi connectivity index (χ0) is 10.2. The van der Waals surface area contributed by atoms with Gasteiger partial charge in [0.15, 0.2) is 0 Å². The average Bonchev–Trinajstić information content (AvgIpc) is 2.19. The minimum Gasteiger partial charge on any atom is -0.494 e. The summed E-state index contributed by atoms with van der Waals surface area (Å²) < 4.78 is 5.39.